The van der Waals surface area contributed by atoms with Crippen LogP contribution in [-0.4, -0.2) is 65.4 Å². The second-order valence-corrected chi connectivity index (χ2v) is 6.64. The average molecular weight is 303 g/mol. The van der Waals surface area contributed by atoms with E-state index in [-0.39, 0.29) is 5.91 Å². The number of carbonyl (C=O) groups is 1. The van der Waals surface area contributed by atoms with Crippen molar-refractivity contribution in [3.63, 3.8) is 0 Å². The van der Waals surface area contributed by atoms with Gasteiger partial charge in [-0.3, -0.25) is 4.79 Å². The number of hydrogen-bond acceptors (Lipinski definition) is 5. The summed E-state index contributed by atoms with van der Waals surface area (Å²) >= 11 is 0. The van der Waals surface area contributed by atoms with Crippen LogP contribution >= 0.6 is 0 Å². The maximum absolute atomic E-state index is 12.7. The van der Waals surface area contributed by atoms with Gasteiger partial charge in [0.15, 0.2) is 0 Å². The summed E-state index contributed by atoms with van der Waals surface area (Å²) in [5, 5.41) is 3.05. The zero-order valence-corrected chi connectivity index (χ0v) is 13.5. The molecular weight excluding hydrogens is 278 g/mol. The summed E-state index contributed by atoms with van der Waals surface area (Å²) in [6.45, 7) is 6.73. The van der Waals surface area contributed by atoms with Gasteiger partial charge < -0.3 is 15.1 Å². The van der Waals surface area contributed by atoms with E-state index in [1.54, 1.807) is 12.4 Å². The number of carbonyl (C=O) groups excluding carboxylic acids is 1. The first-order valence-electron chi connectivity index (χ1n) is 8.16. The standard InChI is InChI=1S/C16H25N5O/c1-3-17-15-18-9-13(10-19-15)14(22)21-7-4-5-16(12-21)6-8-20(2)11-16/h9-10H,3-8,11-12H2,1-2H3,(H,17,18,19)/t16-/m0/s1. The Morgan fingerprint density at radius 1 is 1.27 bits per heavy atom. The van der Waals surface area contributed by atoms with Crippen molar-refractivity contribution < 1.29 is 4.79 Å². The molecule has 1 amide bonds. The zero-order chi connectivity index (χ0) is 15.6. The van der Waals surface area contributed by atoms with Crippen LogP contribution in [0.1, 0.15) is 36.5 Å². The number of aromatic nitrogens is 2. The van der Waals surface area contributed by atoms with E-state index in [4.69, 9.17) is 0 Å². The van der Waals surface area contributed by atoms with Crippen LogP contribution in [0.4, 0.5) is 5.95 Å². The Labute approximate surface area is 131 Å². The lowest BCUT2D eigenvalue weighted by atomic mass is 9.79. The lowest BCUT2D eigenvalue weighted by Crippen LogP contribution is -2.47. The molecule has 0 aromatic carbocycles. The summed E-state index contributed by atoms with van der Waals surface area (Å²) in [4.78, 5) is 25.5. The van der Waals surface area contributed by atoms with E-state index in [1.807, 2.05) is 11.8 Å². The normalized spacial score (nSPS) is 25.6. The molecule has 3 heterocycles. The molecule has 0 saturated carbocycles. The minimum atomic E-state index is 0.0664. The van der Waals surface area contributed by atoms with Crippen molar-refractivity contribution in [1.29, 1.82) is 0 Å². The van der Waals surface area contributed by atoms with Crippen LogP contribution in [0.25, 0.3) is 0 Å². The van der Waals surface area contributed by atoms with E-state index in [1.165, 1.54) is 12.8 Å². The van der Waals surface area contributed by atoms with Crippen molar-refractivity contribution in [3.8, 4) is 0 Å². The van der Waals surface area contributed by atoms with Crippen molar-refractivity contribution in [2.24, 2.45) is 5.41 Å². The molecule has 2 saturated heterocycles. The lowest BCUT2D eigenvalue weighted by Gasteiger charge is -2.40. The van der Waals surface area contributed by atoms with Gasteiger partial charge in [-0.25, -0.2) is 9.97 Å². The third kappa shape index (κ3) is 3.06. The Kier molecular flexibility index (Phi) is 4.29. The van der Waals surface area contributed by atoms with E-state index >= 15 is 0 Å². The van der Waals surface area contributed by atoms with Gasteiger partial charge in [0.2, 0.25) is 5.95 Å². The van der Waals surface area contributed by atoms with Crippen LogP contribution in [0.3, 0.4) is 0 Å². The fourth-order valence-corrected chi connectivity index (χ4v) is 3.74. The molecule has 1 aromatic rings. The fourth-order valence-electron chi connectivity index (χ4n) is 3.74. The molecule has 2 aliphatic heterocycles. The van der Waals surface area contributed by atoms with Crippen molar-refractivity contribution in [2.75, 3.05) is 45.1 Å². The Balaban J connectivity index is 1.69. The number of anilines is 1. The van der Waals surface area contributed by atoms with Crippen molar-refractivity contribution in [1.82, 2.24) is 19.8 Å². The Hall–Kier alpha value is -1.69. The average Bonchev–Trinajstić information content (AvgIpc) is 2.88. The van der Waals surface area contributed by atoms with Crippen LogP contribution in [-0.2, 0) is 0 Å². The SMILES string of the molecule is CCNc1ncc(C(=O)N2CCC[C@@]3(CCN(C)C3)C2)cn1. The van der Waals surface area contributed by atoms with Gasteiger partial charge >= 0.3 is 0 Å². The van der Waals surface area contributed by atoms with Crippen molar-refractivity contribution in [2.45, 2.75) is 26.2 Å². The Bertz CT molecular complexity index is 528. The van der Waals surface area contributed by atoms with Crippen LogP contribution in [0.15, 0.2) is 12.4 Å². The molecule has 3 rings (SSSR count). The first-order valence-corrected chi connectivity index (χ1v) is 8.16. The summed E-state index contributed by atoms with van der Waals surface area (Å²) in [6.07, 6.45) is 6.79. The molecule has 1 spiro atoms. The van der Waals surface area contributed by atoms with Gasteiger partial charge in [0, 0.05) is 44.0 Å². The predicted octanol–water partition coefficient (Wildman–Crippen LogP) is 1.47. The molecule has 120 valence electrons. The number of nitrogens with one attached hydrogen (secondary N) is 1. The molecule has 2 aliphatic rings. The van der Waals surface area contributed by atoms with E-state index in [9.17, 15) is 4.79 Å². The highest BCUT2D eigenvalue weighted by Gasteiger charge is 2.41. The molecule has 6 heteroatoms. The van der Waals surface area contributed by atoms with E-state index in [0.29, 0.717) is 16.9 Å². The van der Waals surface area contributed by atoms with Crippen LogP contribution in [0.5, 0.6) is 0 Å². The summed E-state index contributed by atoms with van der Waals surface area (Å²) in [5.74, 6) is 0.642. The summed E-state index contributed by atoms with van der Waals surface area (Å²) in [7, 11) is 2.17. The lowest BCUT2D eigenvalue weighted by molar-refractivity contribution is 0.0534. The third-order valence-electron chi connectivity index (χ3n) is 4.81. The van der Waals surface area contributed by atoms with Gasteiger partial charge in [-0.2, -0.15) is 0 Å². The number of nitrogens with zero attached hydrogens (tertiary/aromatic N) is 4. The smallest absolute Gasteiger partial charge is 0.257 e. The molecule has 6 nitrogen and oxygen atoms in total. The first-order chi connectivity index (χ1) is 10.6. The molecule has 1 atom stereocenters. The summed E-state index contributed by atoms with van der Waals surface area (Å²) < 4.78 is 0. The van der Waals surface area contributed by atoms with E-state index < -0.39 is 0 Å². The molecular formula is C16H25N5O. The molecule has 1 aromatic heterocycles. The first kappa shape index (κ1) is 15.2. The van der Waals surface area contributed by atoms with Gasteiger partial charge in [-0.1, -0.05) is 0 Å². The maximum Gasteiger partial charge on any atom is 0.257 e. The molecule has 1 N–H and O–H groups in total. The van der Waals surface area contributed by atoms with Gasteiger partial charge in [-0.05, 0) is 39.8 Å². The minimum Gasteiger partial charge on any atom is -0.355 e. The largest absolute Gasteiger partial charge is 0.355 e. The van der Waals surface area contributed by atoms with Gasteiger partial charge in [-0.15, -0.1) is 0 Å². The molecule has 22 heavy (non-hydrogen) atoms. The van der Waals surface area contributed by atoms with Crippen LogP contribution < -0.4 is 5.32 Å². The number of hydrogen-bond donors (Lipinski definition) is 1. The maximum atomic E-state index is 12.7. The van der Waals surface area contributed by atoms with Crippen molar-refractivity contribution >= 4 is 11.9 Å². The summed E-state index contributed by atoms with van der Waals surface area (Å²) in [6, 6.07) is 0. The highest BCUT2D eigenvalue weighted by atomic mass is 16.2. The number of amides is 1. The molecule has 0 unspecified atom stereocenters. The van der Waals surface area contributed by atoms with Crippen LogP contribution in [0.2, 0.25) is 0 Å². The quantitative estimate of drug-likeness (QED) is 0.916. The Morgan fingerprint density at radius 2 is 2.05 bits per heavy atom. The monoisotopic (exact) mass is 303 g/mol. The topological polar surface area (TPSA) is 61.4 Å². The molecule has 0 aliphatic carbocycles. The molecule has 0 radical (unpaired) electrons. The second-order valence-electron chi connectivity index (χ2n) is 6.64. The van der Waals surface area contributed by atoms with Gasteiger partial charge in [0.1, 0.15) is 0 Å². The highest BCUT2D eigenvalue weighted by Crippen LogP contribution is 2.38. The van der Waals surface area contributed by atoms with Crippen LogP contribution in [0, 0.1) is 5.41 Å². The minimum absolute atomic E-state index is 0.0664. The predicted molar refractivity (Wildman–Crippen MR) is 85.9 cm³/mol. The van der Waals surface area contributed by atoms with Gasteiger partial charge in [0.25, 0.3) is 5.91 Å². The highest BCUT2D eigenvalue weighted by molar-refractivity contribution is 5.93. The Morgan fingerprint density at radius 3 is 2.68 bits per heavy atom. The zero-order valence-electron chi connectivity index (χ0n) is 13.5. The fraction of sp³-hybridized carbons (Fsp3) is 0.688. The molecule has 0 bridgehead atoms. The summed E-state index contributed by atoms with van der Waals surface area (Å²) in [5.41, 5.74) is 0.887. The number of piperidine rings is 1. The number of likely N-dealkylation sites (tertiary alicyclic amines) is 2. The van der Waals surface area contributed by atoms with Crippen molar-refractivity contribution in [3.05, 3.63) is 18.0 Å². The molecule has 2 fully saturated rings. The number of rotatable bonds is 3. The third-order valence-corrected chi connectivity index (χ3v) is 4.81. The van der Waals surface area contributed by atoms with Gasteiger partial charge in [0.05, 0.1) is 5.56 Å². The van der Waals surface area contributed by atoms with E-state index in [0.717, 1.165) is 39.1 Å². The van der Waals surface area contributed by atoms with E-state index in [2.05, 4.69) is 27.2 Å². The second kappa shape index (κ2) is 6.20.